The second-order valence-electron chi connectivity index (χ2n) is 8.01. The maximum absolute atomic E-state index is 12.8. The first kappa shape index (κ1) is 19.4. The highest BCUT2D eigenvalue weighted by atomic mass is 16.5. The van der Waals surface area contributed by atoms with Crippen LogP contribution in [0.4, 0.5) is 0 Å². The Kier molecular flexibility index (Phi) is 5.51. The summed E-state index contributed by atoms with van der Waals surface area (Å²) in [6.07, 6.45) is 6.18. The van der Waals surface area contributed by atoms with Gasteiger partial charge < -0.3 is 15.0 Å². The molecule has 1 aromatic carbocycles. The average Bonchev–Trinajstić information content (AvgIpc) is 2.74. The largest absolute Gasteiger partial charge is 0.497 e. The van der Waals surface area contributed by atoms with E-state index in [9.17, 15) is 14.4 Å². The molecule has 6 heteroatoms. The number of carbonyl (C=O) groups excluding carboxylic acids is 2. The Morgan fingerprint density at radius 3 is 2.48 bits per heavy atom. The molecule has 0 aliphatic heterocycles. The molecule has 4 rings (SSSR count). The second-order valence-corrected chi connectivity index (χ2v) is 8.01. The summed E-state index contributed by atoms with van der Waals surface area (Å²) in [6, 6.07) is 9.24. The number of aromatic amines is 1. The van der Waals surface area contributed by atoms with Crippen molar-refractivity contribution in [2.45, 2.75) is 56.9 Å². The van der Waals surface area contributed by atoms with E-state index >= 15 is 0 Å². The van der Waals surface area contributed by atoms with Crippen molar-refractivity contribution >= 4 is 11.7 Å². The number of carbonyl (C=O) groups is 2. The van der Waals surface area contributed by atoms with Crippen LogP contribution in [0.1, 0.15) is 76.4 Å². The monoisotopic (exact) mass is 394 g/mol. The Bertz CT molecular complexity index is 971. The van der Waals surface area contributed by atoms with E-state index in [0.717, 1.165) is 37.0 Å². The van der Waals surface area contributed by atoms with Crippen molar-refractivity contribution in [3.8, 4) is 5.75 Å². The molecule has 1 unspecified atom stereocenters. The molecule has 0 bridgehead atoms. The van der Waals surface area contributed by atoms with Gasteiger partial charge in [0.1, 0.15) is 11.3 Å². The van der Waals surface area contributed by atoms with Crippen LogP contribution in [0, 0.1) is 0 Å². The smallest absolute Gasteiger partial charge is 0.261 e. The van der Waals surface area contributed by atoms with Crippen LogP contribution < -0.4 is 15.6 Å². The number of pyridine rings is 1. The first-order chi connectivity index (χ1) is 14.0. The van der Waals surface area contributed by atoms with Crippen molar-refractivity contribution < 1.29 is 14.3 Å². The molecule has 2 N–H and O–H groups in total. The minimum Gasteiger partial charge on any atom is -0.497 e. The number of benzene rings is 1. The van der Waals surface area contributed by atoms with Crippen LogP contribution in [0.2, 0.25) is 0 Å². The number of ether oxygens (including phenoxy) is 1. The topological polar surface area (TPSA) is 88.3 Å². The van der Waals surface area contributed by atoms with Crippen molar-refractivity contribution in [1.29, 1.82) is 0 Å². The van der Waals surface area contributed by atoms with E-state index in [0.29, 0.717) is 24.1 Å². The average molecular weight is 394 g/mol. The summed E-state index contributed by atoms with van der Waals surface area (Å²) in [6.45, 7) is 0. The molecule has 6 nitrogen and oxygen atoms in total. The number of ketones is 1. The number of H-pyrrole nitrogens is 1. The summed E-state index contributed by atoms with van der Waals surface area (Å²) in [4.78, 5) is 40.8. The van der Waals surface area contributed by atoms with Crippen LogP contribution in [-0.2, 0) is 6.42 Å². The van der Waals surface area contributed by atoms with Crippen LogP contribution in [0.25, 0.3) is 0 Å². The number of Topliss-reactive ketones (excluding diaryl/α,β-unsaturated/α-hetero) is 1. The van der Waals surface area contributed by atoms with Crippen molar-refractivity contribution in [3.63, 3.8) is 0 Å². The van der Waals surface area contributed by atoms with Gasteiger partial charge in [0, 0.05) is 23.7 Å². The van der Waals surface area contributed by atoms with Gasteiger partial charge in [-0.3, -0.25) is 14.4 Å². The summed E-state index contributed by atoms with van der Waals surface area (Å²) in [5, 5.41) is 2.96. The normalized spacial score (nSPS) is 19.5. The molecule has 1 atom stereocenters. The van der Waals surface area contributed by atoms with E-state index in [1.54, 1.807) is 7.11 Å². The zero-order chi connectivity index (χ0) is 20.4. The minimum atomic E-state index is -0.430. The van der Waals surface area contributed by atoms with E-state index in [1.165, 1.54) is 12.5 Å². The highest BCUT2D eigenvalue weighted by molar-refractivity contribution is 6.02. The van der Waals surface area contributed by atoms with Gasteiger partial charge in [0.2, 0.25) is 0 Å². The number of rotatable bonds is 4. The maximum Gasteiger partial charge on any atom is 0.261 e. The lowest BCUT2D eigenvalue weighted by Gasteiger charge is -2.25. The van der Waals surface area contributed by atoms with Gasteiger partial charge in [-0.2, -0.15) is 0 Å². The molecule has 29 heavy (non-hydrogen) atoms. The number of hydrogen-bond acceptors (Lipinski definition) is 4. The fourth-order valence-electron chi connectivity index (χ4n) is 4.42. The number of methoxy groups -OCH3 is 1. The first-order valence-electron chi connectivity index (χ1n) is 10.3. The third kappa shape index (κ3) is 4.11. The summed E-state index contributed by atoms with van der Waals surface area (Å²) >= 11 is 0. The van der Waals surface area contributed by atoms with Gasteiger partial charge in [-0.1, -0.05) is 31.4 Å². The fraction of sp³-hybridized carbons (Fsp3) is 0.435. The number of amides is 1. The van der Waals surface area contributed by atoms with Gasteiger partial charge in [0.05, 0.1) is 7.11 Å². The minimum absolute atomic E-state index is 0.00142. The molecular weight excluding hydrogens is 368 g/mol. The summed E-state index contributed by atoms with van der Waals surface area (Å²) in [5.74, 6) is 0.331. The lowest BCUT2D eigenvalue weighted by atomic mass is 9.81. The highest BCUT2D eigenvalue weighted by Gasteiger charge is 2.29. The van der Waals surface area contributed by atoms with Crippen molar-refractivity contribution in [3.05, 3.63) is 63.1 Å². The summed E-state index contributed by atoms with van der Waals surface area (Å²) in [7, 11) is 1.61. The molecule has 1 fully saturated rings. The van der Waals surface area contributed by atoms with E-state index < -0.39 is 5.56 Å². The molecule has 2 aromatic rings. The molecular formula is C23H26N2O4. The fourth-order valence-corrected chi connectivity index (χ4v) is 4.42. The molecule has 2 aliphatic rings. The van der Waals surface area contributed by atoms with Crippen molar-refractivity contribution in [1.82, 2.24) is 10.3 Å². The zero-order valence-corrected chi connectivity index (χ0v) is 16.6. The molecule has 152 valence electrons. The molecule has 1 saturated carbocycles. The Hall–Kier alpha value is -2.89. The van der Waals surface area contributed by atoms with E-state index in [1.807, 2.05) is 24.3 Å². The SMILES string of the molecule is COc1ccc(C2CC(=O)c3cc(C(=O)NC4CCCCC4)c(=O)[nH]c3C2)cc1. The lowest BCUT2D eigenvalue weighted by molar-refractivity contribution is 0.0926. The summed E-state index contributed by atoms with van der Waals surface area (Å²) in [5.41, 5.74) is 1.71. The molecule has 1 heterocycles. The molecule has 1 amide bonds. The van der Waals surface area contributed by atoms with Crippen LogP contribution >= 0.6 is 0 Å². The lowest BCUT2D eigenvalue weighted by Crippen LogP contribution is -2.39. The molecule has 0 spiro atoms. The Labute approximate surface area is 169 Å². The number of fused-ring (bicyclic) bond motifs is 1. The third-order valence-electron chi connectivity index (χ3n) is 6.08. The molecule has 1 aromatic heterocycles. The van der Waals surface area contributed by atoms with E-state index in [-0.39, 0.29) is 29.2 Å². The van der Waals surface area contributed by atoms with Gasteiger partial charge in [0.15, 0.2) is 5.78 Å². The number of aromatic nitrogens is 1. The third-order valence-corrected chi connectivity index (χ3v) is 6.08. The number of nitrogens with one attached hydrogen (secondary N) is 2. The van der Waals surface area contributed by atoms with E-state index in [2.05, 4.69) is 10.3 Å². The predicted octanol–water partition coefficient (Wildman–Crippen LogP) is 3.36. The van der Waals surface area contributed by atoms with Crippen LogP contribution in [0.15, 0.2) is 35.1 Å². The van der Waals surface area contributed by atoms with Gasteiger partial charge in [-0.25, -0.2) is 0 Å². The van der Waals surface area contributed by atoms with Gasteiger partial charge in [-0.15, -0.1) is 0 Å². The number of hydrogen-bond donors (Lipinski definition) is 2. The second kappa shape index (κ2) is 8.23. The van der Waals surface area contributed by atoms with Crippen molar-refractivity contribution in [2.24, 2.45) is 0 Å². The molecule has 0 saturated heterocycles. The zero-order valence-electron chi connectivity index (χ0n) is 16.6. The van der Waals surface area contributed by atoms with Crippen LogP contribution in [0.3, 0.4) is 0 Å². The van der Waals surface area contributed by atoms with Crippen LogP contribution in [0.5, 0.6) is 5.75 Å². The van der Waals surface area contributed by atoms with Crippen molar-refractivity contribution in [2.75, 3.05) is 7.11 Å². The highest BCUT2D eigenvalue weighted by Crippen LogP contribution is 2.32. The van der Waals surface area contributed by atoms with Gasteiger partial charge in [0.25, 0.3) is 11.5 Å². The molecule has 2 aliphatic carbocycles. The summed E-state index contributed by atoms with van der Waals surface area (Å²) < 4.78 is 5.19. The standard InChI is InChI=1S/C23H26N2O4/c1-29-17-9-7-14(8-10-17)15-11-20-18(21(26)12-15)13-19(23(28)25-20)22(27)24-16-5-3-2-4-6-16/h7-10,13,15-16H,2-6,11-12H2,1H3,(H,24,27)(H,25,28). The van der Waals surface area contributed by atoms with Gasteiger partial charge in [-0.05, 0) is 48.9 Å². The predicted molar refractivity (Wildman–Crippen MR) is 110 cm³/mol. The Balaban J connectivity index is 1.55. The first-order valence-corrected chi connectivity index (χ1v) is 10.3. The quantitative estimate of drug-likeness (QED) is 0.832. The Morgan fingerprint density at radius 1 is 1.07 bits per heavy atom. The molecule has 0 radical (unpaired) electrons. The van der Waals surface area contributed by atoms with Crippen LogP contribution in [-0.4, -0.2) is 29.8 Å². The maximum atomic E-state index is 12.8. The Morgan fingerprint density at radius 2 is 1.79 bits per heavy atom. The van der Waals surface area contributed by atoms with Gasteiger partial charge >= 0.3 is 0 Å². The van der Waals surface area contributed by atoms with E-state index in [4.69, 9.17) is 4.74 Å².